The lowest BCUT2D eigenvalue weighted by Crippen LogP contribution is -1.92. The highest BCUT2D eigenvalue weighted by atomic mass is 14.3. The molecule has 1 rings (SSSR count). The fourth-order valence-electron chi connectivity index (χ4n) is 1.99. The molecule has 0 radical (unpaired) electrons. The summed E-state index contributed by atoms with van der Waals surface area (Å²) in [6, 6.07) is 0. The van der Waals surface area contributed by atoms with Crippen LogP contribution >= 0.6 is 0 Å². The van der Waals surface area contributed by atoms with Gasteiger partial charge in [-0.2, -0.15) is 0 Å². The highest BCUT2D eigenvalue weighted by Gasteiger charge is 2.21. The van der Waals surface area contributed by atoms with Crippen LogP contribution in [0.2, 0.25) is 0 Å². The van der Waals surface area contributed by atoms with Gasteiger partial charge in [0.25, 0.3) is 0 Å². The second-order valence-electron chi connectivity index (χ2n) is 3.92. The standard InChI is InChI=1S/C14H20/c1-6-8-13-11(4)10(3)12(5)14(13)9-7-2/h6-10H,1-5H3/b8-6-,9-7-. The van der Waals surface area contributed by atoms with Crippen LogP contribution in [0.5, 0.6) is 0 Å². The van der Waals surface area contributed by atoms with Crippen LogP contribution in [0.25, 0.3) is 0 Å². The van der Waals surface area contributed by atoms with Crippen LogP contribution in [-0.4, -0.2) is 0 Å². The summed E-state index contributed by atoms with van der Waals surface area (Å²) >= 11 is 0. The molecule has 14 heavy (non-hydrogen) atoms. The highest BCUT2D eigenvalue weighted by Crippen LogP contribution is 2.37. The van der Waals surface area contributed by atoms with Gasteiger partial charge in [0.15, 0.2) is 0 Å². The number of hydrogen-bond acceptors (Lipinski definition) is 0. The molecule has 0 saturated carbocycles. The van der Waals surface area contributed by atoms with E-state index in [4.69, 9.17) is 0 Å². The lowest BCUT2D eigenvalue weighted by molar-refractivity contribution is 0.817. The smallest absolute Gasteiger partial charge is 0.000853 e. The van der Waals surface area contributed by atoms with Crippen LogP contribution in [0.3, 0.4) is 0 Å². The minimum atomic E-state index is 0.604. The van der Waals surface area contributed by atoms with Crippen molar-refractivity contribution >= 4 is 0 Å². The van der Waals surface area contributed by atoms with Crippen molar-refractivity contribution in [1.82, 2.24) is 0 Å². The normalized spacial score (nSPS) is 19.8. The Kier molecular flexibility index (Phi) is 3.51. The molecule has 0 aromatic carbocycles. The van der Waals surface area contributed by atoms with Gasteiger partial charge >= 0.3 is 0 Å². The summed E-state index contributed by atoms with van der Waals surface area (Å²) < 4.78 is 0. The highest BCUT2D eigenvalue weighted by molar-refractivity contribution is 5.58. The topological polar surface area (TPSA) is 0 Å². The zero-order valence-corrected chi connectivity index (χ0v) is 9.89. The van der Waals surface area contributed by atoms with E-state index in [1.54, 1.807) is 0 Å². The first kappa shape index (κ1) is 11.0. The summed E-state index contributed by atoms with van der Waals surface area (Å²) in [5.41, 5.74) is 5.81. The van der Waals surface area contributed by atoms with Gasteiger partial charge < -0.3 is 0 Å². The molecule has 0 heterocycles. The molecule has 0 amide bonds. The first-order chi connectivity index (χ1) is 6.63. The van der Waals surface area contributed by atoms with Crippen LogP contribution in [0, 0.1) is 5.92 Å². The van der Waals surface area contributed by atoms with Gasteiger partial charge in [-0.3, -0.25) is 0 Å². The second-order valence-corrected chi connectivity index (χ2v) is 3.92. The third kappa shape index (κ3) is 1.75. The van der Waals surface area contributed by atoms with E-state index in [1.807, 2.05) is 0 Å². The van der Waals surface area contributed by atoms with Gasteiger partial charge in [-0.05, 0) is 44.8 Å². The molecule has 0 aliphatic heterocycles. The summed E-state index contributed by atoms with van der Waals surface area (Å²) in [5, 5.41) is 0. The summed E-state index contributed by atoms with van der Waals surface area (Å²) in [6.07, 6.45) is 8.68. The molecular formula is C14H20. The van der Waals surface area contributed by atoms with Crippen molar-refractivity contribution in [2.24, 2.45) is 5.92 Å². The summed E-state index contributed by atoms with van der Waals surface area (Å²) in [6.45, 7) is 10.9. The van der Waals surface area contributed by atoms with Crippen LogP contribution in [0.4, 0.5) is 0 Å². The minimum Gasteiger partial charge on any atom is -0.0870 e. The van der Waals surface area contributed by atoms with E-state index in [0.717, 1.165) is 0 Å². The molecular weight excluding hydrogens is 168 g/mol. The Morgan fingerprint density at radius 2 is 1.21 bits per heavy atom. The van der Waals surface area contributed by atoms with E-state index in [0.29, 0.717) is 5.92 Å². The van der Waals surface area contributed by atoms with Crippen molar-refractivity contribution in [3.8, 4) is 0 Å². The molecule has 76 valence electrons. The molecule has 0 fully saturated rings. The van der Waals surface area contributed by atoms with Crippen LogP contribution in [0.15, 0.2) is 46.6 Å². The van der Waals surface area contributed by atoms with Gasteiger partial charge in [-0.15, -0.1) is 0 Å². The zero-order valence-electron chi connectivity index (χ0n) is 9.89. The fourth-order valence-corrected chi connectivity index (χ4v) is 1.99. The summed E-state index contributed by atoms with van der Waals surface area (Å²) in [4.78, 5) is 0. The molecule has 0 aromatic heterocycles. The Hall–Kier alpha value is -1.04. The van der Waals surface area contributed by atoms with Gasteiger partial charge in [-0.1, -0.05) is 42.4 Å². The Labute approximate surface area is 87.7 Å². The average molecular weight is 188 g/mol. The van der Waals surface area contributed by atoms with Crippen LogP contribution < -0.4 is 0 Å². The maximum atomic E-state index is 2.28. The lowest BCUT2D eigenvalue weighted by Gasteiger charge is -2.05. The Bertz CT molecular complexity index is 301. The molecule has 1 aliphatic rings. The van der Waals surface area contributed by atoms with Gasteiger partial charge in [-0.25, -0.2) is 0 Å². The Morgan fingerprint density at radius 3 is 1.50 bits per heavy atom. The number of rotatable bonds is 2. The zero-order chi connectivity index (χ0) is 10.7. The maximum Gasteiger partial charge on any atom is -0.000853 e. The van der Waals surface area contributed by atoms with Crippen molar-refractivity contribution < 1.29 is 0 Å². The predicted molar refractivity (Wildman–Crippen MR) is 64.2 cm³/mol. The monoisotopic (exact) mass is 188 g/mol. The fraction of sp³-hybridized carbons (Fsp3) is 0.429. The Morgan fingerprint density at radius 1 is 0.857 bits per heavy atom. The molecule has 0 unspecified atom stereocenters. The number of allylic oxidation sites excluding steroid dienone is 8. The number of hydrogen-bond donors (Lipinski definition) is 0. The molecule has 0 N–H and O–H groups in total. The summed E-state index contributed by atoms with van der Waals surface area (Å²) in [7, 11) is 0. The first-order valence-corrected chi connectivity index (χ1v) is 5.30. The van der Waals surface area contributed by atoms with E-state index in [2.05, 4.69) is 58.9 Å². The molecule has 0 bridgehead atoms. The Balaban J connectivity index is 3.22. The SMILES string of the molecule is C/C=C\C1=C(C)C(C)C(C)=C1/C=C\C. The molecule has 1 aliphatic carbocycles. The van der Waals surface area contributed by atoms with Crippen molar-refractivity contribution in [3.05, 3.63) is 46.6 Å². The van der Waals surface area contributed by atoms with Gasteiger partial charge in [0.05, 0.1) is 0 Å². The molecule has 0 spiro atoms. The molecule has 0 atom stereocenters. The molecule has 0 saturated heterocycles. The van der Waals surface area contributed by atoms with E-state index in [-0.39, 0.29) is 0 Å². The predicted octanol–water partition coefficient (Wildman–Crippen LogP) is 4.42. The minimum absolute atomic E-state index is 0.604. The van der Waals surface area contributed by atoms with E-state index >= 15 is 0 Å². The van der Waals surface area contributed by atoms with Crippen LogP contribution in [0.1, 0.15) is 34.6 Å². The van der Waals surface area contributed by atoms with Crippen LogP contribution in [-0.2, 0) is 0 Å². The van der Waals surface area contributed by atoms with Gasteiger partial charge in [0, 0.05) is 0 Å². The van der Waals surface area contributed by atoms with Crippen molar-refractivity contribution in [1.29, 1.82) is 0 Å². The molecule has 0 nitrogen and oxygen atoms in total. The average Bonchev–Trinajstić information content (AvgIpc) is 2.36. The largest absolute Gasteiger partial charge is 0.0870 e. The van der Waals surface area contributed by atoms with E-state index in [9.17, 15) is 0 Å². The third-order valence-electron chi connectivity index (χ3n) is 3.11. The van der Waals surface area contributed by atoms with Gasteiger partial charge in [0.2, 0.25) is 0 Å². The third-order valence-corrected chi connectivity index (χ3v) is 3.11. The van der Waals surface area contributed by atoms with Crippen molar-refractivity contribution in [3.63, 3.8) is 0 Å². The van der Waals surface area contributed by atoms with E-state index in [1.165, 1.54) is 22.3 Å². The first-order valence-electron chi connectivity index (χ1n) is 5.30. The summed E-state index contributed by atoms with van der Waals surface area (Å²) in [5.74, 6) is 0.604. The molecule has 0 aromatic rings. The van der Waals surface area contributed by atoms with Crippen molar-refractivity contribution in [2.45, 2.75) is 34.6 Å². The quantitative estimate of drug-likeness (QED) is 0.601. The maximum absolute atomic E-state index is 2.28. The second kappa shape index (κ2) is 4.45. The van der Waals surface area contributed by atoms with E-state index < -0.39 is 0 Å². The lowest BCUT2D eigenvalue weighted by atomic mass is 10.00. The van der Waals surface area contributed by atoms with Crippen molar-refractivity contribution in [2.75, 3.05) is 0 Å². The molecule has 0 heteroatoms. The van der Waals surface area contributed by atoms with Gasteiger partial charge in [0.1, 0.15) is 0 Å².